The molecule has 1 aromatic carbocycles. The molecular formula is C12H12Cl2N2O3. The highest BCUT2D eigenvalue weighted by Crippen LogP contribution is 2.35. The Kier molecular flexibility index (Phi) is 3.99. The summed E-state index contributed by atoms with van der Waals surface area (Å²) in [6.45, 7) is 1.36. The van der Waals surface area contributed by atoms with Crippen LogP contribution in [0.5, 0.6) is 0 Å². The molecule has 1 fully saturated rings. The maximum atomic E-state index is 11.8. The minimum Gasteiger partial charge on any atom is -0.307 e. The van der Waals surface area contributed by atoms with Crippen LogP contribution in [0.4, 0.5) is 0 Å². The van der Waals surface area contributed by atoms with Crippen LogP contribution in [0.3, 0.4) is 0 Å². The molecule has 1 aliphatic heterocycles. The van der Waals surface area contributed by atoms with Gasteiger partial charge in [-0.25, -0.2) is 0 Å². The van der Waals surface area contributed by atoms with Crippen LogP contribution < -0.4 is 0 Å². The monoisotopic (exact) mass is 302 g/mol. The Morgan fingerprint density at radius 3 is 2.63 bits per heavy atom. The molecule has 0 spiro atoms. The van der Waals surface area contributed by atoms with Crippen molar-refractivity contribution in [3.05, 3.63) is 33.8 Å². The molecule has 1 heterocycles. The summed E-state index contributed by atoms with van der Waals surface area (Å²) in [6, 6.07) is 4.89. The van der Waals surface area contributed by atoms with E-state index in [0.717, 1.165) is 5.06 Å². The fourth-order valence-electron chi connectivity index (χ4n) is 2.06. The number of nitrogens with zero attached hydrogens (tertiary/aromatic N) is 2. The zero-order chi connectivity index (χ0) is 14.2. The number of benzene rings is 1. The van der Waals surface area contributed by atoms with Crippen molar-refractivity contribution in [3.8, 4) is 0 Å². The highest BCUT2D eigenvalue weighted by Gasteiger charge is 2.41. The quantitative estimate of drug-likeness (QED) is 0.842. The molecule has 0 bridgehead atoms. The van der Waals surface area contributed by atoms with E-state index in [9.17, 15) is 9.59 Å². The van der Waals surface area contributed by atoms with Gasteiger partial charge in [0.25, 0.3) is 5.91 Å². The van der Waals surface area contributed by atoms with Gasteiger partial charge in [0.2, 0.25) is 5.91 Å². The largest absolute Gasteiger partial charge is 0.307 e. The number of hydroxylamine groups is 2. The molecule has 0 aromatic heterocycles. The maximum Gasteiger partial charge on any atom is 0.268 e. The lowest BCUT2D eigenvalue weighted by Gasteiger charge is -2.28. The third-order valence-electron chi connectivity index (χ3n) is 2.91. The molecule has 1 aromatic rings. The molecule has 0 unspecified atom stereocenters. The molecule has 19 heavy (non-hydrogen) atoms. The molecule has 102 valence electrons. The fraction of sp³-hybridized carbons (Fsp3) is 0.333. The first kappa shape index (κ1) is 14.1. The van der Waals surface area contributed by atoms with Gasteiger partial charge in [0.15, 0.2) is 6.17 Å². The average Bonchev–Trinajstić information content (AvgIpc) is 2.66. The number of rotatable bonds is 2. The zero-order valence-corrected chi connectivity index (χ0v) is 11.9. The topological polar surface area (TPSA) is 49.9 Å². The van der Waals surface area contributed by atoms with Gasteiger partial charge in [-0.3, -0.25) is 14.4 Å². The van der Waals surface area contributed by atoms with Gasteiger partial charge >= 0.3 is 0 Å². The van der Waals surface area contributed by atoms with Crippen molar-refractivity contribution in [2.24, 2.45) is 0 Å². The first-order valence-corrected chi connectivity index (χ1v) is 6.29. The van der Waals surface area contributed by atoms with Crippen molar-refractivity contribution in [2.45, 2.75) is 13.1 Å². The van der Waals surface area contributed by atoms with Gasteiger partial charge in [-0.1, -0.05) is 29.3 Å². The third kappa shape index (κ3) is 2.54. The van der Waals surface area contributed by atoms with Gasteiger partial charge in [0.05, 0.1) is 7.11 Å². The molecule has 2 amide bonds. The Bertz CT molecular complexity index is 536. The smallest absolute Gasteiger partial charge is 0.268 e. The Morgan fingerprint density at radius 2 is 2.11 bits per heavy atom. The molecule has 0 saturated carbocycles. The summed E-state index contributed by atoms with van der Waals surface area (Å²) in [5.74, 6) is -0.530. The number of carbonyl (C=O) groups excluding carboxylic acids is 2. The minimum atomic E-state index is -0.667. The maximum absolute atomic E-state index is 11.8. The number of hydrogen-bond acceptors (Lipinski definition) is 3. The van der Waals surface area contributed by atoms with Crippen LogP contribution in [0, 0.1) is 0 Å². The summed E-state index contributed by atoms with van der Waals surface area (Å²) < 4.78 is 0. The van der Waals surface area contributed by atoms with Crippen molar-refractivity contribution >= 4 is 35.0 Å². The fourth-order valence-corrected chi connectivity index (χ4v) is 2.56. The van der Waals surface area contributed by atoms with Crippen LogP contribution in [0.2, 0.25) is 10.0 Å². The zero-order valence-electron chi connectivity index (χ0n) is 10.4. The summed E-state index contributed by atoms with van der Waals surface area (Å²) >= 11 is 12.0. The van der Waals surface area contributed by atoms with E-state index in [0.29, 0.717) is 15.6 Å². The van der Waals surface area contributed by atoms with E-state index in [1.807, 2.05) is 0 Å². The summed E-state index contributed by atoms with van der Waals surface area (Å²) in [6.07, 6.45) is -0.667. The highest BCUT2D eigenvalue weighted by molar-refractivity contribution is 6.35. The van der Waals surface area contributed by atoms with Crippen molar-refractivity contribution in [1.82, 2.24) is 9.96 Å². The van der Waals surface area contributed by atoms with Crippen LogP contribution in [0.25, 0.3) is 0 Å². The van der Waals surface area contributed by atoms with E-state index in [1.54, 1.807) is 18.2 Å². The van der Waals surface area contributed by atoms with Gasteiger partial charge in [0.1, 0.15) is 6.54 Å². The minimum absolute atomic E-state index is 0.0349. The van der Waals surface area contributed by atoms with Gasteiger partial charge in [0, 0.05) is 22.5 Å². The Labute approximate surface area is 120 Å². The van der Waals surface area contributed by atoms with Gasteiger partial charge < -0.3 is 4.90 Å². The molecule has 1 saturated heterocycles. The second-order valence-electron chi connectivity index (χ2n) is 4.09. The van der Waals surface area contributed by atoms with E-state index >= 15 is 0 Å². The predicted octanol–water partition coefficient (Wildman–Crippen LogP) is 2.24. The molecule has 0 aliphatic carbocycles. The van der Waals surface area contributed by atoms with Crippen molar-refractivity contribution in [1.29, 1.82) is 0 Å². The van der Waals surface area contributed by atoms with Crippen LogP contribution in [0.15, 0.2) is 18.2 Å². The molecule has 0 radical (unpaired) electrons. The highest BCUT2D eigenvalue weighted by atomic mass is 35.5. The number of halogens is 2. The lowest BCUT2D eigenvalue weighted by molar-refractivity contribution is -0.185. The summed E-state index contributed by atoms with van der Waals surface area (Å²) in [5, 5.41) is 1.99. The van der Waals surface area contributed by atoms with E-state index in [4.69, 9.17) is 28.0 Å². The SMILES string of the molecule is CON1C(=O)CN(C(C)=O)[C@H]1c1ccc(Cl)cc1Cl. The van der Waals surface area contributed by atoms with E-state index < -0.39 is 6.17 Å². The summed E-state index contributed by atoms with van der Waals surface area (Å²) in [7, 11) is 1.37. The Balaban J connectivity index is 2.48. The van der Waals surface area contributed by atoms with Crippen LogP contribution >= 0.6 is 23.2 Å². The molecule has 5 nitrogen and oxygen atoms in total. The molecule has 2 rings (SSSR count). The lowest BCUT2D eigenvalue weighted by Crippen LogP contribution is -2.34. The third-order valence-corrected chi connectivity index (χ3v) is 3.47. The first-order valence-electron chi connectivity index (χ1n) is 5.54. The van der Waals surface area contributed by atoms with E-state index in [1.165, 1.54) is 18.9 Å². The van der Waals surface area contributed by atoms with Crippen molar-refractivity contribution < 1.29 is 14.4 Å². The first-order chi connectivity index (χ1) is 8.95. The molecule has 7 heteroatoms. The normalized spacial score (nSPS) is 19.2. The standard InChI is InChI=1S/C12H12Cl2N2O3/c1-7(17)15-6-11(18)16(19-2)12(15)9-4-3-8(13)5-10(9)14/h3-5,12H,6H2,1-2H3/t12-/m1/s1. The predicted molar refractivity (Wildman–Crippen MR) is 70.4 cm³/mol. The van der Waals surface area contributed by atoms with Crippen LogP contribution in [-0.2, 0) is 14.4 Å². The number of carbonyl (C=O) groups is 2. The lowest BCUT2D eigenvalue weighted by atomic mass is 10.1. The van der Waals surface area contributed by atoms with Gasteiger partial charge in [-0.15, -0.1) is 0 Å². The summed E-state index contributed by atoms with van der Waals surface area (Å²) in [4.78, 5) is 29.9. The second kappa shape index (κ2) is 5.36. The molecule has 0 N–H and O–H groups in total. The Morgan fingerprint density at radius 1 is 1.42 bits per heavy atom. The van der Waals surface area contributed by atoms with E-state index in [-0.39, 0.29) is 18.4 Å². The van der Waals surface area contributed by atoms with Gasteiger partial charge in [-0.05, 0) is 12.1 Å². The Hall–Kier alpha value is -1.30. The van der Waals surface area contributed by atoms with Crippen molar-refractivity contribution in [3.63, 3.8) is 0 Å². The number of amides is 2. The molecule has 1 aliphatic rings. The number of hydrogen-bond donors (Lipinski definition) is 0. The molecular weight excluding hydrogens is 291 g/mol. The van der Waals surface area contributed by atoms with Gasteiger partial charge in [-0.2, -0.15) is 5.06 Å². The molecule has 1 atom stereocenters. The second-order valence-corrected chi connectivity index (χ2v) is 4.93. The van der Waals surface area contributed by atoms with Crippen LogP contribution in [0.1, 0.15) is 18.7 Å². The average molecular weight is 303 g/mol. The summed E-state index contributed by atoms with van der Waals surface area (Å²) in [5.41, 5.74) is 0.592. The van der Waals surface area contributed by atoms with Crippen molar-refractivity contribution in [2.75, 3.05) is 13.7 Å². The van der Waals surface area contributed by atoms with Crippen LogP contribution in [-0.4, -0.2) is 35.4 Å². The van der Waals surface area contributed by atoms with E-state index in [2.05, 4.69) is 0 Å².